The monoisotopic (exact) mass is 362 g/mol. The van der Waals surface area contributed by atoms with Crippen LogP contribution in [0.5, 0.6) is 0 Å². The SMILES string of the molecule is C[C@]1(O)CC[C@H](Nc2ncc3c(-c4ccc5nccn5c4)ccn3n2)CC1. The van der Waals surface area contributed by atoms with Gasteiger partial charge in [-0.05, 0) is 50.8 Å². The fraction of sp³-hybridized carbons (Fsp3) is 0.350. The Labute approximate surface area is 156 Å². The summed E-state index contributed by atoms with van der Waals surface area (Å²) < 4.78 is 3.87. The lowest BCUT2D eigenvalue weighted by molar-refractivity contribution is 0.0195. The predicted octanol–water partition coefficient (Wildman–Crippen LogP) is 3.15. The average molecular weight is 362 g/mol. The minimum atomic E-state index is -0.533. The second-order valence-corrected chi connectivity index (χ2v) is 7.67. The zero-order valence-corrected chi connectivity index (χ0v) is 15.2. The Balaban J connectivity index is 1.41. The number of aliphatic hydroxyl groups is 1. The number of hydrogen-bond acceptors (Lipinski definition) is 5. The van der Waals surface area contributed by atoms with Gasteiger partial charge in [-0.1, -0.05) is 0 Å². The quantitative estimate of drug-likeness (QED) is 0.585. The standard InChI is InChI=1S/C20H22N6O/c1-20(27)7-4-15(5-8-20)23-19-22-12-17-16(6-10-26(17)24-19)14-2-3-18-21-9-11-25(18)13-14/h2-3,6,9-13,15,27H,4-5,7-8H2,1H3,(H,23,24)/t15-,20-. The molecule has 0 aromatic carbocycles. The molecule has 4 heterocycles. The van der Waals surface area contributed by atoms with Crippen LogP contribution in [-0.4, -0.2) is 40.7 Å². The Morgan fingerprint density at radius 3 is 2.85 bits per heavy atom. The molecule has 0 radical (unpaired) electrons. The molecule has 0 atom stereocenters. The van der Waals surface area contributed by atoms with Gasteiger partial charge in [-0.25, -0.2) is 14.5 Å². The van der Waals surface area contributed by atoms with Crippen LogP contribution in [-0.2, 0) is 0 Å². The number of fused-ring (bicyclic) bond motifs is 2. The van der Waals surface area contributed by atoms with Crippen molar-refractivity contribution in [2.75, 3.05) is 5.32 Å². The third-order valence-electron chi connectivity index (χ3n) is 5.51. The van der Waals surface area contributed by atoms with E-state index in [2.05, 4.69) is 38.7 Å². The van der Waals surface area contributed by atoms with Gasteiger partial charge in [-0.15, -0.1) is 5.10 Å². The Morgan fingerprint density at radius 2 is 2.00 bits per heavy atom. The molecule has 4 aromatic heterocycles. The zero-order chi connectivity index (χ0) is 18.4. The Kier molecular flexibility index (Phi) is 3.65. The van der Waals surface area contributed by atoms with Crippen LogP contribution in [0.15, 0.2) is 49.2 Å². The molecular formula is C20H22N6O. The molecule has 0 aliphatic heterocycles. The van der Waals surface area contributed by atoms with E-state index < -0.39 is 5.60 Å². The Hall–Kier alpha value is -2.93. The zero-order valence-electron chi connectivity index (χ0n) is 15.2. The lowest BCUT2D eigenvalue weighted by Gasteiger charge is -2.33. The summed E-state index contributed by atoms with van der Waals surface area (Å²) in [6, 6.07) is 6.44. The van der Waals surface area contributed by atoms with Gasteiger partial charge < -0.3 is 14.8 Å². The summed E-state index contributed by atoms with van der Waals surface area (Å²) in [5.74, 6) is 0.626. The van der Waals surface area contributed by atoms with E-state index in [1.165, 1.54) is 0 Å². The minimum Gasteiger partial charge on any atom is -0.390 e. The first-order valence-electron chi connectivity index (χ1n) is 9.34. The third kappa shape index (κ3) is 3.04. The van der Waals surface area contributed by atoms with Crippen molar-refractivity contribution in [1.82, 2.24) is 24.0 Å². The van der Waals surface area contributed by atoms with Crippen molar-refractivity contribution in [2.45, 2.75) is 44.2 Å². The first kappa shape index (κ1) is 16.3. The molecule has 4 aromatic rings. The number of rotatable bonds is 3. The fourth-order valence-electron chi connectivity index (χ4n) is 3.86. The molecule has 0 spiro atoms. The Bertz CT molecular complexity index is 1100. The molecule has 0 unspecified atom stereocenters. The van der Waals surface area contributed by atoms with Gasteiger partial charge in [0.1, 0.15) is 5.65 Å². The van der Waals surface area contributed by atoms with Crippen molar-refractivity contribution < 1.29 is 5.11 Å². The molecule has 138 valence electrons. The lowest BCUT2D eigenvalue weighted by Crippen LogP contribution is -2.36. The van der Waals surface area contributed by atoms with E-state index in [4.69, 9.17) is 0 Å². The number of nitrogens with zero attached hydrogens (tertiary/aromatic N) is 5. The summed E-state index contributed by atoms with van der Waals surface area (Å²) in [7, 11) is 0. The summed E-state index contributed by atoms with van der Waals surface area (Å²) in [6.07, 6.45) is 13.1. The van der Waals surface area contributed by atoms with Crippen LogP contribution in [0.25, 0.3) is 22.3 Å². The molecular weight excluding hydrogens is 340 g/mol. The molecule has 7 heteroatoms. The molecule has 0 bridgehead atoms. The van der Waals surface area contributed by atoms with Crippen LogP contribution in [0, 0.1) is 0 Å². The van der Waals surface area contributed by atoms with Crippen molar-refractivity contribution in [3.63, 3.8) is 0 Å². The highest BCUT2D eigenvalue weighted by Gasteiger charge is 2.28. The van der Waals surface area contributed by atoms with E-state index in [0.717, 1.165) is 48.0 Å². The Morgan fingerprint density at radius 1 is 1.15 bits per heavy atom. The lowest BCUT2D eigenvalue weighted by atomic mass is 9.84. The smallest absolute Gasteiger partial charge is 0.241 e. The second kappa shape index (κ2) is 6.06. The first-order chi connectivity index (χ1) is 13.1. The summed E-state index contributed by atoms with van der Waals surface area (Å²) in [5, 5.41) is 18.1. The number of anilines is 1. The largest absolute Gasteiger partial charge is 0.390 e. The minimum absolute atomic E-state index is 0.307. The van der Waals surface area contributed by atoms with Crippen molar-refractivity contribution in [1.29, 1.82) is 0 Å². The van der Waals surface area contributed by atoms with E-state index in [1.54, 1.807) is 6.20 Å². The maximum Gasteiger partial charge on any atom is 0.241 e. The van der Waals surface area contributed by atoms with Gasteiger partial charge in [-0.3, -0.25) is 0 Å². The molecule has 0 saturated heterocycles. The number of pyridine rings is 1. The highest BCUT2D eigenvalue weighted by atomic mass is 16.3. The van der Waals surface area contributed by atoms with E-state index in [9.17, 15) is 5.11 Å². The number of imidazole rings is 1. The van der Waals surface area contributed by atoms with Crippen LogP contribution in [0.2, 0.25) is 0 Å². The van der Waals surface area contributed by atoms with Crippen LogP contribution in [0.1, 0.15) is 32.6 Å². The summed E-state index contributed by atoms with van der Waals surface area (Å²) in [4.78, 5) is 8.81. The normalized spacial score (nSPS) is 23.1. The topological polar surface area (TPSA) is 79.8 Å². The molecule has 2 N–H and O–H groups in total. The van der Waals surface area contributed by atoms with Crippen LogP contribution < -0.4 is 5.32 Å². The van der Waals surface area contributed by atoms with Gasteiger partial charge in [0.15, 0.2) is 0 Å². The number of nitrogens with one attached hydrogen (secondary N) is 1. The molecule has 7 nitrogen and oxygen atoms in total. The predicted molar refractivity (Wildman–Crippen MR) is 104 cm³/mol. The van der Waals surface area contributed by atoms with Crippen molar-refractivity contribution in [3.8, 4) is 11.1 Å². The van der Waals surface area contributed by atoms with Gasteiger partial charge in [0.25, 0.3) is 0 Å². The molecule has 27 heavy (non-hydrogen) atoms. The molecule has 1 aliphatic carbocycles. The van der Waals surface area contributed by atoms with Crippen LogP contribution in [0.4, 0.5) is 5.95 Å². The maximum absolute atomic E-state index is 10.1. The first-order valence-corrected chi connectivity index (χ1v) is 9.34. The highest BCUT2D eigenvalue weighted by molar-refractivity contribution is 5.80. The van der Waals surface area contributed by atoms with Gasteiger partial charge in [0.05, 0.1) is 17.3 Å². The molecule has 1 fully saturated rings. The van der Waals surface area contributed by atoms with E-state index in [0.29, 0.717) is 12.0 Å². The van der Waals surface area contributed by atoms with Crippen molar-refractivity contribution in [3.05, 3.63) is 49.2 Å². The van der Waals surface area contributed by atoms with E-state index in [-0.39, 0.29) is 0 Å². The van der Waals surface area contributed by atoms with Crippen molar-refractivity contribution >= 4 is 17.1 Å². The summed E-state index contributed by atoms with van der Waals surface area (Å²) in [6.45, 7) is 1.91. The maximum atomic E-state index is 10.1. The third-order valence-corrected chi connectivity index (χ3v) is 5.51. The van der Waals surface area contributed by atoms with Gasteiger partial charge >= 0.3 is 0 Å². The summed E-state index contributed by atoms with van der Waals surface area (Å²) >= 11 is 0. The van der Waals surface area contributed by atoms with E-state index >= 15 is 0 Å². The highest BCUT2D eigenvalue weighted by Crippen LogP contribution is 2.29. The molecule has 1 aliphatic rings. The molecule has 1 saturated carbocycles. The summed E-state index contributed by atoms with van der Waals surface area (Å²) in [5.41, 5.74) is 3.55. The van der Waals surface area contributed by atoms with E-state index in [1.807, 2.05) is 40.5 Å². The van der Waals surface area contributed by atoms with Crippen LogP contribution in [0.3, 0.4) is 0 Å². The fourth-order valence-corrected chi connectivity index (χ4v) is 3.86. The number of hydrogen-bond donors (Lipinski definition) is 2. The van der Waals surface area contributed by atoms with Gasteiger partial charge in [0.2, 0.25) is 5.95 Å². The number of aromatic nitrogens is 5. The van der Waals surface area contributed by atoms with Gasteiger partial charge in [-0.2, -0.15) is 0 Å². The average Bonchev–Trinajstić information content (AvgIpc) is 3.29. The van der Waals surface area contributed by atoms with Crippen LogP contribution >= 0.6 is 0 Å². The molecule has 5 rings (SSSR count). The molecule has 0 amide bonds. The van der Waals surface area contributed by atoms with Crippen molar-refractivity contribution in [2.24, 2.45) is 0 Å². The van der Waals surface area contributed by atoms with Gasteiger partial charge in [0, 0.05) is 42.0 Å². The second-order valence-electron chi connectivity index (χ2n) is 7.67.